The Labute approximate surface area is 80.0 Å². The summed E-state index contributed by atoms with van der Waals surface area (Å²) in [6.45, 7) is -0.257. The minimum atomic E-state index is -0.257. The third kappa shape index (κ3) is 1.54. The van der Waals surface area contributed by atoms with Crippen LogP contribution in [0, 0.1) is 11.3 Å². The van der Waals surface area contributed by atoms with Crippen molar-refractivity contribution in [1.82, 2.24) is 0 Å². The van der Waals surface area contributed by atoms with Crippen LogP contribution in [0.5, 0.6) is 0 Å². The molecule has 0 atom stereocenters. The minimum absolute atomic E-state index is 0.229. The molecule has 0 aliphatic rings. The fraction of sp³-hybridized carbons (Fsp3) is 0.125. The molecule has 0 heterocycles. The molecule has 1 aromatic rings. The highest BCUT2D eigenvalue weighted by Crippen LogP contribution is 2.27. The maximum Gasteiger partial charge on any atom is 0.101 e. The lowest BCUT2D eigenvalue weighted by Crippen LogP contribution is -1.89. The zero-order valence-electron chi connectivity index (χ0n) is 6.01. The number of rotatable bonds is 1. The van der Waals surface area contributed by atoms with Crippen molar-refractivity contribution in [2.45, 2.75) is 6.61 Å². The van der Waals surface area contributed by atoms with Gasteiger partial charge in [0, 0.05) is 10.6 Å². The summed E-state index contributed by atoms with van der Waals surface area (Å²) in [7, 11) is 0. The van der Waals surface area contributed by atoms with E-state index < -0.39 is 0 Å². The first-order valence-corrected chi connectivity index (χ1v) is 3.94. The van der Waals surface area contributed by atoms with E-state index in [2.05, 4.69) is 0 Å². The summed E-state index contributed by atoms with van der Waals surface area (Å²) < 4.78 is 0. The quantitative estimate of drug-likeness (QED) is 0.759. The summed E-state index contributed by atoms with van der Waals surface area (Å²) in [5, 5.41) is 18.0. The molecule has 0 bridgehead atoms. The Morgan fingerprint density at radius 3 is 2.58 bits per heavy atom. The summed E-state index contributed by atoms with van der Waals surface area (Å²) in [5.41, 5.74) is 0.725. The maximum atomic E-state index is 8.84. The number of nitriles is 1. The van der Waals surface area contributed by atoms with Crippen molar-refractivity contribution in [3.63, 3.8) is 0 Å². The Morgan fingerprint density at radius 1 is 1.42 bits per heavy atom. The van der Waals surface area contributed by atoms with Gasteiger partial charge in [0.2, 0.25) is 0 Å². The molecule has 1 aromatic carbocycles. The van der Waals surface area contributed by atoms with Crippen LogP contribution in [0.1, 0.15) is 11.1 Å². The Hall–Kier alpha value is -0.750. The number of nitrogens with zero attached hydrogens (tertiary/aromatic N) is 1. The zero-order valence-corrected chi connectivity index (χ0v) is 7.52. The number of aliphatic hydroxyl groups is 1. The molecule has 2 nitrogen and oxygen atoms in total. The topological polar surface area (TPSA) is 44.0 Å². The smallest absolute Gasteiger partial charge is 0.101 e. The van der Waals surface area contributed by atoms with Crippen molar-refractivity contribution >= 4 is 23.2 Å². The first-order valence-electron chi connectivity index (χ1n) is 3.18. The number of benzene rings is 1. The van der Waals surface area contributed by atoms with E-state index in [1.807, 2.05) is 6.07 Å². The molecule has 0 fully saturated rings. The molecular formula is C8H5Cl2NO. The van der Waals surface area contributed by atoms with Crippen LogP contribution in [0.2, 0.25) is 10.0 Å². The monoisotopic (exact) mass is 201 g/mol. The second-order valence-corrected chi connectivity index (χ2v) is 2.94. The summed E-state index contributed by atoms with van der Waals surface area (Å²) in [4.78, 5) is 0. The van der Waals surface area contributed by atoms with Gasteiger partial charge in [0.25, 0.3) is 0 Å². The summed E-state index contributed by atoms with van der Waals surface area (Å²) in [6.07, 6.45) is 0. The fourth-order valence-electron chi connectivity index (χ4n) is 0.829. The van der Waals surface area contributed by atoms with E-state index in [4.69, 9.17) is 33.6 Å². The van der Waals surface area contributed by atoms with Gasteiger partial charge in [0.05, 0.1) is 17.2 Å². The number of hydrogen-bond acceptors (Lipinski definition) is 2. The van der Waals surface area contributed by atoms with Crippen molar-refractivity contribution in [2.24, 2.45) is 0 Å². The molecule has 1 rings (SSSR count). The zero-order chi connectivity index (χ0) is 9.14. The summed E-state index contributed by atoms with van der Waals surface area (Å²) >= 11 is 11.5. The Kier molecular flexibility index (Phi) is 2.93. The Morgan fingerprint density at radius 2 is 2.08 bits per heavy atom. The first-order chi connectivity index (χ1) is 5.70. The molecule has 0 aliphatic heterocycles. The molecular weight excluding hydrogens is 197 g/mol. The van der Waals surface area contributed by atoms with Crippen LogP contribution in [-0.4, -0.2) is 5.11 Å². The molecule has 0 spiro atoms. The predicted molar refractivity (Wildman–Crippen MR) is 47.1 cm³/mol. The number of halogens is 2. The van der Waals surface area contributed by atoms with Crippen LogP contribution >= 0.6 is 23.2 Å². The van der Waals surface area contributed by atoms with Crippen molar-refractivity contribution in [3.05, 3.63) is 33.3 Å². The van der Waals surface area contributed by atoms with E-state index in [9.17, 15) is 0 Å². The van der Waals surface area contributed by atoms with E-state index in [0.29, 0.717) is 16.1 Å². The van der Waals surface area contributed by atoms with Gasteiger partial charge >= 0.3 is 0 Å². The lowest BCUT2D eigenvalue weighted by molar-refractivity contribution is 0.282. The van der Waals surface area contributed by atoms with Gasteiger partial charge in [-0.1, -0.05) is 23.2 Å². The molecule has 0 amide bonds. The van der Waals surface area contributed by atoms with Crippen molar-refractivity contribution < 1.29 is 5.11 Å². The van der Waals surface area contributed by atoms with Crippen LogP contribution in [0.25, 0.3) is 0 Å². The first kappa shape index (κ1) is 9.34. The van der Waals surface area contributed by atoms with Crippen LogP contribution in [0.3, 0.4) is 0 Å². The maximum absolute atomic E-state index is 8.84. The molecule has 12 heavy (non-hydrogen) atoms. The molecule has 62 valence electrons. The van der Waals surface area contributed by atoms with Crippen LogP contribution in [0.4, 0.5) is 0 Å². The van der Waals surface area contributed by atoms with Crippen LogP contribution < -0.4 is 0 Å². The normalized spacial score (nSPS) is 9.50. The Balaban J connectivity index is 3.36. The molecule has 1 N–H and O–H groups in total. The second-order valence-electron chi connectivity index (χ2n) is 2.16. The van der Waals surface area contributed by atoms with E-state index >= 15 is 0 Å². The van der Waals surface area contributed by atoms with Gasteiger partial charge in [-0.3, -0.25) is 0 Å². The molecule has 0 radical (unpaired) electrons. The SMILES string of the molecule is N#Cc1ccc(Cl)c(CO)c1Cl. The van der Waals surface area contributed by atoms with Crippen molar-refractivity contribution in [2.75, 3.05) is 0 Å². The third-order valence-corrected chi connectivity index (χ3v) is 2.25. The largest absolute Gasteiger partial charge is 0.392 e. The van der Waals surface area contributed by atoms with Gasteiger partial charge in [-0.15, -0.1) is 0 Å². The van der Waals surface area contributed by atoms with E-state index in [1.54, 1.807) is 0 Å². The van der Waals surface area contributed by atoms with Gasteiger partial charge in [0.15, 0.2) is 0 Å². The second kappa shape index (κ2) is 3.77. The minimum Gasteiger partial charge on any atom is -0.392 e. The highest BCUT2D eigenvalue weighted by Gasteiger charge is 2.08. The molecule has 0 saturated heterocycles. The van der Waals surface area contributed by atoms with Crippen LogP contribution in [0.15, 0.2) is 12.1 Å². The van der Waals surface area contributed by atoms with Crippen molar-refractivity contribution in [1.29, 1.82) is 5.26 Å². The predicted octanol–water partition coefficient (Wildman–Crippen LogP) is 2.36. The highest BCUT2D eigenvalue weighted by atomic mass is 35.5. The van der Waals surface area contributed by atoms with Gasteiger partial charge in [-0.25, -0.2) is 0 Å². The van der Waals surface area contributed by atoms with Crippen molar-refractivity contribution in [3.8, 4) is 6.07 Å². The fourth-order valence-corrected chi connectivity index (χ4v) is 1.36. The lowest BCUT2D eigenvalue weighted by atomic mass is 10.1. The lowest BCUT2D eigenvalue weighted by Gasteiger charge is -2.03. The number of hydrogen-bond donors (Lipinski definition) is 1. The summed E-state index contributed by atoms with van der Waals surface area (Å²) in [6, 6.07) is 4.95. The third-order valence-electron chi connectivity index (χ3n) is 1.46. The molecule has 0 saturated carbocycles. The van der Waals surface area contributed by atoms with Gasteiger partial charge in [-0.2, -0.15) is 5.26 Å². The molecule has 0 aromatic heterocycles. The molecule has 0 unspecified atom stereocenters. The standard InChI is InChI=1S/C8H5Cl2NO/c9-7-2-1-5(3-11)8(10)6(7)4-12/h1-2,12H,4H2. The van der Waals surface area contributed by atoms with Crippen LogP contribution in [-0.2, 0) is 6.61 Å². The van der Waals surface area contributed by atoms with E-state index in [-0.39, 0.29) is 11.6 Å². The van der Waals surface area contributed by atoms with Gasteiger partial charge < -0.3 is 5.11 Å². The highest BCUT2D eigenvalue weighted by molar-refractivity contribution is 6.36. The molecule has 0 aliphatic carbocycles. The van der Waals surface area contributed by atoms with E-state index in [0.717, 1.165) is 0 Å². The van der Waals surface area contributed by atoms with E-state index in [1.165, 1.54) is 12.1 Å². The van der Waals surface area contributed by atoms with Gasteiger partial charge in [-0.05, 0) is 12.1 Å². The molecule has 4 heteroatoms. The summed E-state index contributed by atoms with van der Waals surface area (Å²) in [5.74, 6) is 0. The Bertz CT molecular complexity index is 344. The van der Waals surface area contributed by atoms with Gasteiger partial charge in [0.1, 0.15) is 6.07 Å². The number of aliphatic hydroxyl groups excluding tert-OH is 1. The average Bonchev–Trinajstić information content (AvgIpc) is 2.06. The average molecular weight is 202 g/mol.